The average molecular weight is 426 g/mol. The normalized spacial score (nSPS) is 20.3. The van der Waals surface area contributed by atoms with Gasteiger partial charge >= 0.3 is 0 Å². The van der Waals surface area contributed by atoms with Crippen LogP contribution in [0, 0.1) is 5.92 Å². The van der Waals surface area contributed by atoms with Crippen molar-refractivity contribution < 1.29 is 9.53 Å². The number of amides is 1. The van der Waals surface area contributed by atoms with Crippen LogP contribution in [0.3, 0.4) is 0 Å². The predicted molar refractivity (Wildman–Crippen MR) is 115 cm³/mol. The molecule has 3 aliphatic rings. The van der Waals surface area contributed by atoms with Gasteiger partial charge in [0, 0.05) is 64.0 Å². The summed E-state index contributed by atoms with van der Waals surface area (Å²) in [5.41, 5.74) is 0.690. The summed E-state index contributed by atoms with van der Waals surface area (Å²) in [5.74, 6) is 1.86. The monoisotopic (exact) mass is 425 g/mol. The van der Waals surface area contributed by atoms with Crippen LogP contribution in [-0.2, 0) is 34.8 Å². The lowest BCUT2D eigenvalue weighted by Crippen LogP contribution is -2.50. The first-order valence-corrected chi connectivity index (χ1v) is 11.3. The number of ether oxygens (including phenoxy) is 1. The summed E-state index contributed by atoms with van der Waals surface area (Å²) in [7, 11) is 2.19. The smallest absolute Gasteiger partial charge is 0.250 e. The third-order valence-electron chi connectivity index (χ3n) is 6.87. The van der Waals surface area contributed by atoms with E-state index in [9.17, 15) is 9.59 Å². The highest BCUT2D eigenvalue weighted by Gasteiger charge is 2.44. The van der Waals surface area contributed by atoms with E-state index in [-0.39, 0.29) is 18.0 Å². The van der Waals surface area contributed by atoms with Crippen LogP contribution in [0.25, 0.3) is 0 Å². The van der Waals surface area contributed by atoms with E-state index in [1.807, 2.05) is 11.1 Å². The molecule has 0 radical (unpaired) electrons. The summed E-state index contributed by atoms with van der Waals surface area (Å²) >= 11 is 0. The van der Waals surface area contributed by atoms with E-state index in [1.54, 1.807) is 18.3 Å². The molecule has 1 amide bonds. The zero-order valence-corrected chi connectivity index (χ0v) is 18.2. The number of likely N-dealkylation sites (tertiary alicyclic amines) is 1. The Morgan fingerprint density at radius 3 is 2.81 bits per heavy atom. The lowest BCUT2D eigenvalue weighted by atomic mass is 9.89. The third kappa shape index (κ3) is 4.19. The molecule has 1 aliphatic carbocycles. The SMILES string of the molecule is CN(Cc1cnc2n1CCOC21CCN(C(=O)Cn2ccccc2=O)CC1)CC1CC1. The van der Waals surface area contributed by atoms with Crippen molar-refractivity contribution in [2.45, 2.75) is 50.9 Å². The number of piperidine rings is 1. The molecular formula is C23H31N5O3. The number of imidazole rings is 1. The van der Waals surface area contributed by atoms with Gasteiger partial charge in [-0.15, -0.1) is 0 Å². The summed E-state index contributed by atoms with van der Waals surface area (Å²) in [6.07, 6.45) is 7.86. The summed E-state index contributed by atoms with van der Waals surface area (Å²) in [5, 5.41) is 0. The molecule has 1 saturated heterocycles. The molecule has 0 bridgehead atoms. The number of fused-ring (bicyclic) bond motifs is 2. The van der Waals surface area contributed by atoms with Gasteiger partial charge in [-0.3, -0.25) is 9.59 Å². The molecule has 31 heavy (non-hydrogen) atoms. The fourth-order valence-electron chi connectivity index (χ4n) is 4.95. The second-order valence-corrected chi connectivity index (χ2v) is 9.26. The van der Waals surface area contributed by atoms with E-state index in [0.29, 0.717) is 19.7 Å². The van der Waals surface area contributed by atoms with E-state index in [1.165, 1.54) is 29.2 Å². The molecule has 5 rings (SSSR count). The highest BCUT2D eigenvalue weighted by Crippen LogP contribution is 2.39. The number of aromatic nitrogens is 3. The second-order valence-electron chi connectivity index (χ2n) is 9.26. The summed E-state index contributed by atoms with van der Waals surface area (Å²) in [6.45, 7) is 4.90. The van der Waals surface area contributed by atoms with Gasteiger partial charge in [0.25, 0.3) is 5.56 Å². The molecule has 2 fully saturated rings. The van der Waals surface area contributed by atoms with Gasteiger partial charge < -0.3 is 23.7 Å². The Balaban J connectivity index is 1.25. The largest absolute Gasteiger partial charge is 0.365 e. The van der Waals surface area contributed by atoms with Gasteiger partial charge in [0.2, 0.25) is 5.91 Å². The Kier molecular flexibility index (Phi) is 5.44. The number of carbonyl (C=O) groups excluding carboxylic acids is 1. The zero-order chi connectivity index (χ0) is 21.4. The van der Waals surface area contributed by atoms with Gasteiger partial charge in [0.05, 0.1) is 12.3 Å². The van der Waals surface area contributed by atoms with Gasteiger partial charge in [-0.2, -0.15) is 0 Å². The first-order valence-electron chi connectivity index (χ1n) is 11.3. The van der Waals surface area contributed by atoms with Crippen LogP contribution in [-0.4, -0.2) is 63.1 Å². The van der Waals surface area contributed by atoms with Crippen LogP contribution in [0.2, 0.25) is 0 Å². The van der Waals surface area contributed by atoms with E-state index >= 15 is 0 Å². The molecule has 8 heteroatoms. The minimum Gasteiger partial charge on any atom is -0.365 e. The molecule has 8 nitrogen and oxygen atoms in total. The molecule has 2 aromatic rings. The number of hydrogen-bond acceptors (Lipinski definition) is 5. The van der Waals surface area contributed by atoms with E-state index < -0.39 is 5.60 Å². The van der Waals surface area contributed by atoms with Crippen LogP contribution in [0.1, 0.15) is 37.2 Å². The molecule has 166 valence electrons. The van der Waals surface area contributed by atoms with Gasteiger partial charge in [-0.25, -0.2) is 4.98 Å². The molecular weight excluding hydrogens is 394 g/mol. The maximum absolute atomic E-state index is 12.8. The van der Waals surface area contributed by atoms with E-state index in [4.69, 9.17) is 9.72 Å². The number of carbonyl (C=O) groups is 1. The molecule has 2 aromatic heterocycles. The molecule has 1 spiro atoms. The topological polar surface area (TPSA) is 72.6 Å². The summed E-state index contributed by atoms with van der Waals surface area (Å²) in [4.78, 5) is 33.7. The van der Waals surface area contributed by atoms with E-state index in [0.717, 1.165) is 44.2 Å². The van der Waals surface area contributed by atoms with Crippen LogP contribution < -0.4 is 5.56 Å². The Morgan fingerprint density at radius 2 is 2.06 bits per heavy atom. The van der Waals surface area contributed by atoms with E-state index in [2.05, 4.69) is 16.5 Å². The molecule has 2 aliphatic heterocycles. The molecule has 4 heterocycles. The quantitative estimate of drug-likeness (QED) is 0.700. The zero-order valence-electron chi connectivity index (χ0n) is 18.2. The number of rotatable bonds is 6. The summed E-state index contributed by atoms with van der Waals surface area (Å²) < 4.78 is 10.1. The minimum atomic E-state index is -0.411. The fourth-order valence-corrected chi connectivity index (χ4v) is 4.95. The molecule has 0 N–H and O–H groups in total. The highest BCUT2D eigenvalue weighted by molar-refractivity contribution is 5.76. The van der Waals surface area contributed by atoms with Gasteiger partial charge in [0.15, 0.2) is 0 Å². The number of hydrogen-bond donors (Lipinski definition) is 0. The fraction of sp³-hybridized carbons (Fsp3) is 0.609. The Hall–Kier alpha value is -2.45. The Bertz CT molecular complexity index is 1000. The lowest BCUT2D eigenvalue weighted by Gasteiger charge is -2.43. The van der Waals surface area contributed by atoms with Gasteiger partial charge in [-0.05, 0) is 31.9 Å². The van der Waals surface area contributed by atoms with Crippen molar-refractivity contribution in [2.75, 3.05) is 33.3 Å². The van der Waals surface area contributed by atoms with Crippen molar-refractivity contribution in [1.82, 2.24) is 23.9 Å². The van der Waals surface area contributed by atoms with Crippen molar-refractivity contribution in [1.29, 1.82) is 0 Å². The van der Waals surface area contributed by atoms with Crippen molar-refractivity contribution in [3.8, 4) is 0 Å². The maximum Gasteiger partial charge on any atom is 0.250 e. The van der Waals surface area contributed by atoms with Crippen LogP contribution in [0.4, 0.5) is 0 Å². The van der Waals surface area contributed by atoms with Gasteiger partial charge in [0.1, 0.15) is 18.0 Å². The highest BCUT2D eigenvalue weighted by atomic mass is 16.5. The van der Waals surface area contributed by atoms with Crippen molar-refractivity contribution in [2.24, 2.45) is 5.92 Å². The minimum absolute atomic E-state index is 0.0234. The van der Waals surface area contributed by atoms with Gasteiger partial charge in [-0.1, -0.05) is 6.07 Å². The first-order chi connectivity index (χ1) is 15.0. The molecule has 0 atom stereocenters. The molecule has 0 unspecified atom stereocenters. The number of pyridine rings is 1. The van der Waals surface area contributed by atoms with Crippen LogP contribution >= 0.6 is 0 Å². The summed E-state index contributed by atoms with van der Waals surface area (Å²) in [6, 6.07) is 4.94. The predicted octanol–water partition coefficient (Wildman–Crippen LogP) is 1.43. The average Bonchev–Trinajstić information content (AvgIpc) is 3.48. The Labute approximate surface area is 182 Å². The first kappa shape index (κ1) is 20.5. The molecule has 0 aromatic carbocycles. The second kappa shape index (κ2) is 8.24. The maximum atomic E-state index is 12.8. The van der Waals surface area contributed by atoms with Crippen LogP contribution in [0.15, 0.2) is 35.4 Å². The van der Waals surface area contributed by atoms with Crippen molar-refractivity contribution in [3.05, 3.63) is 52.5 Å². The Morgan fingerprint density at radius 1 is 1.26 bits per heavy atom. The third-order valence-corrected chi connectivity index (χ3v) is 6.87. The van der Waals surface area contributed by atoms with Crippen molar-refractivity contribution >= 4 is 5.91 Å². The van der Waals surface area contributed by atoms with Crippen molar-refractivity contribution in [3.63, 3.8) is 0 Å². The standard InChI is InChI=1S/C23H31N5O3/c1-25(15-18-5-6-18)16-19-14-24-22-23(31-13-12-28(19)22)7-10-26(11-8-23)21(30)17-27-9-3-2-4-20(27)29/h2-4,9,14,18H,5-8,10-13,15-17H2,1H3. The number of nitrogens with zero attached hydrogens (tertiary/aromatic N) is 5. The molecule has 1 saturated carbocycles. The van der Waals surface area contributed by atoms with Crippen LogP contribution in [0.5, 0.6) is 0 Å². The lowest BCUT2D eigenvalue weighted by molar-refractivity contribution is -0.144.